The van der Waals surface area contributed by atoms with Crippen LogP contribution in [0.1, 0.15) is 30.5 Å². The third-order valence-electron chi connectivity index (χ3n) is 4.41. The number of nitrogens with zero attached hydrogens (tertiary/aromatic N) is 3. The van der Waals surface area contributed by atoms with Crippen molar-refractivity contribution in [2.75, 3.05) is 23.3 Å². The molecule has 0 amide bonds. The molecule has 1 aliphatic heterocycles. The average Bonchev–Trinajstić information content (AvgIpc) is 2.86. The third kappa shape index (κ3) is 3.20. The monoisotopic (exact) mass is 284 g/mol. The molecule has 1 saturated heterocycles. The normalized spacial score (nSPS) is 15.2. The van der Waals surface area contributed by atoms with E-state index in [2.05, 4.69) is 46.5 Å². The Bertz CT molecular complexity index is 579. The molecule has 2 aromatic rings. The Morgan fingerprint density at radius 1 is 1.10 bits per heavy atom. The van der Waals surface area contributed by atoms with Crippen molar-refractivity contribution in [1.29, 1.82) is 0 Å². The predicted molar refractivity (Wildman–Crippen MR) is 87.8 cm³/mol. The second-order valence-electron chi connectivity index (χ2n) is 5.83. The minimum atomic E-state index is 0.822. The second kappa shape index (κ2) is 6.20. The van der Waals surface area contributed by atoms with Gasteiger partial charge in [-0.2, -0.15) is 5.10 Å². The van der Waals surface area contributed by atoms with Gasteiger partial charge in [0.25, 0.3) is 0 Å². The molecule has 1 aromatic carbocycles. The molecule has 0 radical (unpaired) electrons. The van der Waals surface area contributed by atoms with Crippen LogP contribution in [0.3, 0.4) is 0 Å². The van der Waals surface area contributed by atoms with Gasteiger partial charge in [0.05, 0.1) is 6.20 Å². The van der Waals surface area contributed by atoms with Gasteiger partial charge in [0.1, 0.15) is 0 Å². The van der Waals surface area contributed by atoms with Crippen LogP contribution in [0.4, 0.5) is 11.4 Å². The van der Waals surface area contributed by atoms with E-state index in [4.69, 9.17) is 0 Å². The van der Waals surface area contributed by atoms with Crippen molar-refractivity contribution in [3.05, 3.63) is 41.7 Å². The fourth-order valence-corrected chi connectivity index (χ4v) is 2.86. The molecule has 4 nitrogen and oxygen atoms in total. The second-order valence-corrected chi connectivity index (χ2v) is 5.83. The van der Waals surface area contributed by atoms with Gasteiger partial charge in [-0.3, -0.25) is 4.68 Å². The lowest BCUT2D eigenvalue weighted by Gasteiger charge is -2.28. The summed E-state index contributed by atoms with van der Waals surface area (Å²) >= 11 is 0. The summed E-state index contributed by atoms with van der Waals surface area (Å²) < 4.78 is 1.91. The van der Waals surface area contributed by atoms with E-state index in [1.807, 2.05) is 17.9 Å². The number of aromatic nitrogens is 2. The summed E-state index contributed by atoms with van der Waals surface area (Å²) in [5, 5.41) is 7.75. The van der Waals surface area contributed by atoms with Crippen LogP contribution in [0.15, 0.2) is 30.5 Å². The van der Waals surface area contributed by atoms with E-state index < -0.39 is 0 Å². The molecular weight excluding hydrogens is 260 g/mol. The molecule has 0 unspecified atom stereocenters. The third-order valence-corrected chi connectivity index (χ3v) is 4.41. The fourth-order valence-electron chi connectivity index (χ4n) is 2.86. The van der Waals surface area contributed by atoms with Crippen LogP contribution in [-0.2, 0) is 13.6 Å². The van der Waals surface area contributed by atoms with Crippen molar-refractivity contribution in [2.24, 2.45) is 7.05 Å². The minimum Gasteiger partial charge on any atom is -0.381 e. The summed E-state index contributed by atoms with van der Waals surface area (Å²) in [6.07, 6.45) is 5.95. The SMILES string of the molecule is Cc1c(CNc2ccc(N3CCCCC3)cc2)cnn1C. The van der Waals surface area contributed by atoms with Gasteiger partial charge in [0.15, 0.2) is 0 Å². The Kier molecular flexibility index (Phi) is 4.13. The largest absolute Gasteiger partial charge is 0.381 e. The summed E-state index contributed by atoms with van der Waals surface area (Å²) in [6.45, 7) is 5.31. The highest BCUT2D eigenvalue weighted by molar-refractivity contribution is 5.55. The van der Waals surface area contributed by atoms with Gasteiger partial charge in [0.2, 0.25) is 0 Å². The molecule has 1 fully saturated rings. The van der Waals surface area contributed by atoms with Gasteiger partial charge in [-0.1, -0.05) is 0 Å². The maximum atomic E-state index is 4.27. The summed E-state index contributed by atoms with van der Waals surface area (Å²) in [5.41, 5.74) is 4.97. The van der Waals surface area contributed by atoms with Crippen LogP contribution in [0.25, 0.3) is 0 Å². The van der Waals surface area contributed by atoms with Crippen molar-refractivity contribution in [2.45, 2.75) is 32.7 Å². The number of piperidine rings is 1. The maximum Gasteiger partial charge on any atom is 0.0542 e. The standard InChI is InChI=1S/C17H24N4/c1-14-15(13-19-20(14)2)12-18-16-6-8-17(9-7-16)21-10-4-3-5-11-21/h6-9,13,18H,3-5,10-12H2,1-2H3. The smallest absolute Gasteiger partial charge is 0.0542 e. The molecular formula is C17H24N4. The molecule has 2 heterocycles. The number of rotatable bonds is 4. The van der Waals surface area contributed by atoms with E-state index in [0.29, 0.717) is 0 Å². The molecule has 0 saturated carbocycles. The maximum absolute atomic E-state index is 4.27. The zero-order chi connectivity index (χ0) is 14.7. The highest BCUT2D eigenvalue weighted by atomic mass is 15.3. The van der Waals surface area contributed by atoms with Crippen LogP contribution in [-0.4, -0.2) is 22.9 Å². The minimum absolute atomic E-state index is 0.822. The van der Waals surface area contributed by atoms with E-state index in [9.17, 15) is 0 Å². The average molecular weight is 284 g/mol. The first-order valence-corrected chi connectivity index (χ1v) is 7.80. The lowest BCUT2D eigenvalue weighted by molar-refractivity contribution is 0.578. The van der Waals surface area contributed by atoms with Crippen LogP contribution in [0, 0.1) is 6.92 Å². The first kappa shape index (κ1) is 14.0. The fraction of sp³-hybridized carbons (Fsp3) is 0.471. The van der Waals surface area contributed by atoms with Gasteiger partial charge in [-0.25, -0.2) is 0 Å². The van der Waals surface area contributed by atoms with Gasteiger partial charge in [-0.05, 0) is 50.5 Å². The van der Waals surface area contributed by atoms with Crippen molar-refractivity contribution in [1.82, 2.24) is 9.78 Å². The summed E-state index contributed by atoms with van der Waals surface area (Å²) in [5.74, 6) is 0. The number of hydrogen-bond acceptors (Lipinski definition) is 3. The van der Waals surface area contributed by atoms with E-state index in [1.54, 1.807) is 0 Å². The Morgan fingerprint density at radius 2 is 1.81 bits per heavy atom. The van der Waals surface area contributed by atoms with Crippen LogP contribution in [0.5, 0.6) is 0 Å². The number of benzene rings is 1. The van der Waals surface area contributed by atoms with Crippen LogP contribution >= 0.6 is 0 Å². The molecule has 112 valence electrons. The Balaban J connectivity index is 1.60. The van der Waals surface area contributed by atoms with E-state index in [1.165, 1.54) is 55.0 Å². The zero-order valence-electron chi connectivity index (χ0n) is 13.0. The first-order chi connectivity index (χ1) is 10.2. The van der Waals surface area contributed by atoms with Crippen LogP contribution < -0.4 is 10.2 Å². The predicted octanol–water partition coefficient (Wildman–Crippen LogP) is 3.33. The van der Waals surface area contributed by atoms with Gasteiger partial charge >= 0.3 is 0 Å². The topological polar surface area (TPSA) is 33.1 Å². The molecule has 0 spiro atoms. The summed E-state index contributed by atoms with van der Waals surface area (Å²) in [6, 6.07) is 8.80. The lowest BCUT2D eigenvalue weighted by Crippen LogP contribution is -2.29. The molecule has 1 N–H and O–H groups in total. The van der Waals surface area contributed by atoms with Gasteiger partial charge in [0, 0.05) is 49.3 Å². The number of aryl methyl sites for hydroxylation is 1. The summed E-state index contributed by atoms with van der Waals surface area (Å²) in [4.78, 5) is 2.48. The number of anilines is 2. The molecule has 1 aliphatic rings. The first-order valence-electron chi connectivity index (χ1n) is 7.80. The van der Waals surface area contributed by atoms with Gasteiger partial charge in [-0.15, -0.1) is 0 Å². The molecule has 4 heteroatoms. The molecule has 0 atom stereocenters. The quantitative estimate of drug-likeness (QED) is 0.935. The molecule has 3 rings (SSSR count). The van der Waals surface area contributed by atoms with Crippen LogP contribution in [0.2, 0.25) is 0 Å². The van der Waals surface area contributed by atoms with Gasteiger partial charge < -0.3 is 10.2 Å². The van der Waals surface area contributed by atoms with E-state index >= 15 is 0 Å². The molecule has 0 aliphatic carbocycles. The van der Waals surface area contributed by atoms with Crippen molar-refractivity contribution in [3.8, 4) is 0 Å². The summed E-state index contributed by atoms with van der Waals surface area (Å²) in [7, 11) is 1.98. The Labute approximate surface area is 126 Å². The highest BCUT2D eigenvalue weighted by Crippen LogP contribution is 2.22. The van der Waals surface area contributed by atoms with E-state index in [-0.39, 0.29) is 0 Å². The molecule has 0 bridgehead atoms. The lowest BCUT2D eigenvalue weighted by atomic mass is 10.1. The Morgan fingerprint density at radius 3 is 2.43 bits per heavy atom. The van der Waals surface area contributed by atoms with Crippen molar-refractivity contribution < 1.29 is 0 Å². The van der Waals surface area contributed by atoms with Crippen molar-refractivity contribution in [3.63, 3.8) is 0 Å². The van der Waals surface area contributed by atoms with E-state index in [0.717, 1.165) is 6.54 Å². The molecule has 21 heavy (non-hydrogen) atoms. The number of hydrogen-bond donors (Lipinski definition) is 1. The zero-order valence-corrected chi connectivity index (χ0v) is 13.0. The number of nitrogens with one attached hydrogen (secondary N) is 1. The highest BCUT2D eigenvalue weighted by Gasteiger charge is 2.10. The molecule has 1 aromatic heterocycles. The van der Waals surface area contributed by atoms with Crippen molar-refractivity contribution >= 4 is 11.4 Å². The Hall–Kier alpha value is -1.97.